The molecule has 1 unspecified atom stereocenters. The lowest BCUT2D eigenvalue weighted by atomic mass is 9.96. The molecule has 106 valence electrons. The van der Waals surface area contributed by atoms with Crippen LogP contribution in [0.25, 0.3) is 0 Å². The minimum atomic E-state index is 0. The largest absolute Gasteiger partial charge is 0.489 e. The summed E-state index contributed by atoms with van der Waals surface area (Å²) in [5.41, 5.74) is 4.01. The summed E-state index contributed by atoms with van der Waals surface area (Å²) < 4.78 is 5.86. The van der Waals surface area contributed by atoms with E-state index in [2.05, 4.69) is 42.6 Å². The maximum Gasteiger partial charge on any atom is 0.120 e. The molecular formula is C17H20ClNO. The van der Waals surface area contributed by atoms with Crippen molar-refractivity contribution in [3.05, 3.63) is 65.2 Å². The predicted molar refractivity (Wildman–Crippen MR) is 84.5 cm³/mol. The fourth-order valence-electron chi connectivity index (χ4n) is 2.48. The van der Waals surface area contributed by atoms with E-state index in [0.717, 1.165) is 18.7 Å². The lowest BCUT2D eigenvalue weighted by Gasteiger charge is -2.23. The fourth-order valence-corrected chi connectivity index (χ4v) is 2.48. The minimum Gasteiger partial charge on any atom is -0.489 e. The van der Waals surface area contributed by atoms with Crippen molar-refractivity contribution in [2.45, 2.75) is 32.5 Å². The molecule has 0 amide bonds. The van der Waals surface area contributed by atoms with Crippen LogP contribution in [0.5, 0.6) is 5.75 Å². The number of rotatable bonds is 3. The van der Waals surface area contributed by atoms with Crippen LogP contribution in [0.3, 0.4) is 0 Å². The van der Waals surface area contributed by atoms with Crippen LogP contribution in [0.4, 0.5) is 0 Å². The summed E-state index contributed by atoms with van der Waals surface area (Å²) in [5.74, 6) is 0.957. The lowest BCUT2D eigenvalue weighted by Crippen LogP contribution is -2.32. The second-order valence-corrected chi connectivity index (χ2v) is 5.19. The second kappa shape index (κ2) is 6.78. The van der Waals surface area contributed by atoms with Crippen LogP contribution in [-0.2, 0) is 19.6 Å². The first-order chi connectivity index (χ1) is 9.31. The number of hydrogen-bond donors (Lipinski definition) is 1. The number of hydrogen-bond acceptors (Lipinski definition) is 2. The Kier molecular flexibility index (Phi) is 5.05. The number of fused-ring (bicyclic) bond motifs is 1. The summed E-state index contributed by atoms with van der Waals surface area (Å²) in [6.45, 7) is 3.80. The highest BCUT2D eigenvalue weighted by molar-refractivity contribution is 5.85. The Balaban J connectivity index is 0.00000147. The van der Waals surface area contributed by atoms with Gasteiger partial charge < -0.3 is 10.1 Å². The van der Waals surface area contributed by atoms with E-state index in [9.17, 15) is 0 Å². The zero-order chi connectivity index (χ0) is 13.1. The van der Waals surface area contributed by atoms with Gasteiger partial charge in [-0.25, -0.2) is 0 Å². The average molecular weight is 290 g/mol. The van der Waals surface area contributed by atoms with E-state index in [-0.39, 0.29) is 12.4 Å². The van der Waals surface area contributed by atoms with Gasteiger partial charge in [-0.05, 0) is 42.2 Å². The first kappa shape index (κ1) is 14.9. The predicted octanol–water partition coefficient (Wildman–Crippen LogP) is 3.72. The summed E-state index contributed by atoms with van der Waals surface area (Å²) >= 11 is 0. The zero-order valence-electron chi connectivity index (χ0n) is 11.6. The molecule has 0 spiro atoms. The first-order valence-electron chi connectivity index (χ1n) is 6.83. The van der Waals surface area contributed by atoms with Crippen LogP contribution in [0.1, 0.15) is 23.6 Å². The normalized spacial score (nSPS) is 16.9. The van der Waals surface area contributed by atoms with Crippen LogP contribution < -0.4 is 10.1 Å². The molecule has 2 aromatic rings. The van der Waals surface area contributed by atoms with E-state index in [4.69, 9.17) is 4.74 Å². The van der Waals surface area contributed by atoms with Gasteiger partial charge in [0.2, 0.25) is 0 Å². The van der Waals surface area contributed by atoms with E-state index in [1.165, 1.54) is 16.7 Å². The number of nitrogens with one attached hydrogen (secondary N) is 1. The molecule has 0 bridgehead atoms. The third kappa shape index (κ3) is 3.53. The van der Waals surface area contributed by atoms with Crippen LogP contribution in [0, 0.1) is 0 Å². The van der Waals surface area contributed by atoms with E-state index in [1.807, 2.05) is 18.2 Å². The van der Waals surface area contributed by atoms with E-state index in [1.54, 1.807) is 0 Å². The Hall–Kier alpha value is -1.51. The zero-order valence-corrected chi connectivity index (χ0v) is 12.5. The van der Waals surface area contributed by atoms with Gasteiger partial charge in [-0.15, -0.1) is 12.4 Å². The molecule has 3 heteroatoms. The Morgan fingerprint density at radius 3 is 2.70 bits per heavy atom. The Labute approximate surface area is 126 Å². The molecular weight excluding hydrogens is 270 g/mol. The van der Waals surface area contributed by atoms with Gasteiger partial charge in [0.15, 0.2) is 0 Å². The molecule has 1 aliphatic heterocycles. The highest BCUT2D eigenvalue weighted by Gasteiger charge is 2.14. The maximum absolute atomic E-state index is 5.86. The van der Waals surface area contributed by atoms with Crippen molar-refractivity contribution in [3.8, 4) is 5.75 Å². The van der Waals surface area contributed by atoms with Gasteiger partial charge in [-0.2, -0.15) is 0 Å². The second-order valence-electron chi connectivity index (χ2n) is 5.19. The summed E-state index contributed by atoms with van der Waals surface area (Å²) in [6, 6.07) is 17.3. The van der Waals surface area contributed by atoms with Crippen molar-refractivity contribution in [1.82, 2.24) is 5.32 Å². The molecule has 3 rings (SSSR count). The molecule has 0 aliphatic carbocycles. The monoisotopic (exact) mass is 289 g/mol. The van der Waals surface area contributed by atoms with Crippen molar-refractivity contribution in [3.63, 3.8) is 0 Å². The lowest BCUT2D eigenvalue weighted by molar-refractivity contribution is 0.305. The quantitative estimate of drug-likeness (QED) is 0.930. The molecule has 2 nitrogen and oxygen atoms in total. The van der Waals surface area contributed by atoms with Crippen molar-refractivity contribution >= 4 is 12.4 Å². The summed E-state index contributed by atoms with van der Waals surface area (Å²) in [5, 5.41) is 3.48. The average Bonchev–Trinajstić information content (AvgIpc) is 2.46. The van der Waals surface area contributed by atoms with Gasteiger partial charge in [0.1, 0.15) is 12.4 Å². The topological polar surface area (TPSA) is 21.3 Å². The van der Waals surface area contributed by atoms with Gasteiger partial charge in [0.05, 0.1) is 0 Å². The standard InChI is InChI=1S/C17H19NO.ClH/c1-13-9-15-7-8-17(10-16(15)11-18-13)19-12-14-5-3-2-4-6-14;/h2-8,10,13,18H,9,11-12H2,1H3;1H. The highest BCUT2D eigenvalue weighted by atomic mass is 35.5. The molecule has 0 radical (unpaired) electrons. The Bertz CT molecular complexity index is 556. The van der Waals surface area contributed by atoms with Gasteiger partial charge in [0, 0.05) is 12.6 Å². The summed E-state index contributed by atoms with van der Waals surface area (Å²) in [4.78, 5) is 0. The Morgan fingerprint density at radius 2 is 1.90 bits per heavy atom. The SMILES string of the molecule is CC1Cc2ccc(OCc3ccccc3)cc2CN1.Cl. The molecule has 0 saturated heterocycles. The summed E-state index contributed by atoms with van der Waals surface area (Å²) in [7, 11) is 0. The molecule has 2 aromatic carbocycles. The number of halogens is 1. The highest BCUT2D eigenvalue weighted by Crippen LogP contribution is 2.23. The van der Waals surface area contributed by atoms with Crippen molar-refractivity contribution in [2.75, 3.05) is 0 Å². The Morgan fingerprint density at radius 1 is 1.10 bits per heavy atom. The van der Waals surface area contributed by atoms with Gasteiger partial charge in [-0.3, -0.25) is 0 Å². The van der Waals surface area contributed by atoms with E-state index < -0.39 is 0 Å². The molecule has 1 aliphatic rings. The molecule has 0 aromatic heterocycles. The minimum absolute atomic E-state index is 0. The number of ether oxygens (including phenoxy) is 1. The smallest absolute Gasteiger partial charge is 0.120 e. The molecule has 0 fully saturated rings. The number of benzene rings is 2. The van der Waals surface area contributed by atoms with Gasteiger partial charge in [-0.1, -0.05) is 36.4 Å². The fraction of sp³-hybridized carbons (Fsp3) is 0.294. The van der Waals surface area contributed by atoms with Crippen LogP contribution in [0.2, 0.25) is 0 Å². The van der Waals surface area contributed by atoms with Crippen LogP contribution in [0.15, 0.2) is 48.5 Å². The van der Waals surface area contributed by atoms with Crippen LogP contribution in [-0.4, -0.2) is 6.04 Å². The van der Waals surface area contributed by atoms with E-state index in [0.29, 0.717) is 12.6 Å². The third-order valence-corrected chi connectivity index (χ3v) is 3.59. The van der Waals surface area contributed by atoms with Crippen molar-refractivity contribution in [2.24, 2.45) is 0 Å². The molecule has 0 saturated carbocycles. The maximum atomic E-state index is 5.86. The van der Waals surface area contributed by atoms with Crippen LogP contribution >= 0.6 is 12.4 Å². The summed E-state index contributed by atoms with van der Waals surface area (Å²) in [6.07, 6.45) is 1.11. The molecule has 1 N–H and O–H groups in total. The van der Waals surface area contributed by atoms with E-state index >= 15 is 0 Å². The van der Waals surface area contributed by atoms with Crippen molar-refractivity contribution < 1.29 is 4.74 Å². The molecule has 1 atom stereocenters. The third-order valence-electron chi connectivity index (χ3n) is 3.59. The molecule has 1 heterocycles. The van der Waals surface area contributed by atoms with Crippen molar-refractivity contribution in [1.29, 1.82) is 0 Å². The van der Waals surface area contributed by atoms with Gasteiger partial charge >= 0.3 is 0 Å². The van der Waals surface area contributed by atoms with Gasteiger partial charge in [0.25, 0.3) is 0 Å². The molecule has 20 heavy (non-hydrogen) atoms. The first-order valence-corrected chi connectivity index (χ1v) is 6.83.